The lowest BCUT2D eigenvalue weighted by molar-refractivity contribution is 0.0760. The van der Waals surface area contributed by atoms with Crippen LogP contribution in [0.25, 0.3) is 0 Å². The van der Waals surface area contributed by atoms with Gasteiger partial charge >= 0.3 is 6.03 Å². The van der Waals surface area contributed by atoms with E-state index < -0.39 is 6.03 Å². The van der Waals surface area contributed by atoms with Gasteiger partial charge < -0.3 is 25.2 Å². The number of hydrogen-bond donors (Lipinski definition) is 3. The average Bonchev–Trinajstić information content (AvgIpc) is 2.86. The number of benzene rings is 1. The van der Waals surface area contributed by atoms with Crippen LogP contribution in [0.1, 0.15) is 24.3 Å². The largest absolute Gasteiger partial charge is 0.504 e. The van der Waals surface area contributed by atoms with Gasteiger partial charge in [0.2, 0.25) is 0 Å². The second kappa shape index (κ2) is 8.33. The number of urea groups is 1. The molecule has 140 valence electrons. The maximum absolute atomic E-state index is 12.5. The Hall–Kier alpha value is -2.38. The fourth-order valence-electron chi connectivity index (χ4n) is 2.49. The van der Waals surface area contributed by atoms with Crippen molar-refractivity contribution in [2.75, 3.05) is 23.7 Å². The number of hydrogen-bond acceptors (Lipinski definition) is 3. The van der Waals surface area contributed by atoms with E-state index >= 15 is 0 Å². The zero-order chi connectivity index (χ0) is 19.4. The second-order valence-electron chi connectivity index (χ2n) is 5.51. The number of aromatic hydroxyl groups is 1. The van der Waals surface area contributed by atoms with E-state index in [0.717, 1.165) is 0 Å². The Kier molecular flexibility index (Phi) is 6.39. The quantitative estimate of drug-likeness (QED) is 0.706. The fourth-order valence-corrected chi connectivity index (χ4v) is 2.84. The summed E-state index contributed by atoms with van der Waals surface area (Å²) in [5, 5.41) is 15.9. The number of anilines is 2. The van der Waals surface area contributed by atoms with Crippen molar-refractivity contribution in [3.8, 4) is 5.75 Å². The highest BCUT2D eigenvalue weighted by Gasteiger charge is 2.24. The molecule has 0 spiro atoms. The van der Waals surface area contributed by atoms with Gasteiger partial charge in [-0.15, -0.1) is 0 Å². The Bertz CT molecular complexity index is 832. The summed E-state index contributed by atoms with van der Waals surface area (Å²) in [4.78, 5) is 26.3. The summed E-state index contributed by atoms with van der Waals surface area (Å²) in [6, 6.07) is 4.21. The highest BCUT2D eigenvalue weighted by atomic mass is 35.5. The molecule has 0 unspecified atom stereocenters. The van der Waals surface area contributed by atoms with Gasteiger partial charge in [0.25, 0.3) is 5.91 Å². The van der Waals surface area contributed by atoms with Crippen LogP contribution in [0.4, 0.5) is 16.2 Å². The second-order valence-corrected chi connectivity index (χ2v) is 6.29. The number of carbonyl (C=O) groups is 2. The molecule has 0 aliphatic heterocycles. The van der Waals surface area contributed by atoms with Crippen LogP contribution in [0, 0.1) is 0 Å². The number of nitrogens with one attached hydrogen (secondary N) is 2. The van der Waals surface area contributed by atoms with Gasteiger partial charge in [0.05, 0.1) is 15.7 Å². The van der Waals surface area contributed by atoms with Crippen molar-refractivity contribution in [2.45, 2.75) is 13.8 Å². The standard InChI is InChI=1S/C17H20Cl2N4O3/c1-4-23(5-2)16(25)14-15(24)12(9-22(14)3)21-17(26)20-11-8-6-7-10(18)13(11)19/h6-9,24H,4-5H2,1-3H3,(H2,20,21,26). The normalized spacial score (nSPS) is 10.5. The smallest absolute Gasteiger partial charge is 0.323 e. The molecule has 0 aliphatic rings. The number of halogens is 2. The minimum atomic E-state index is -0.628. The number of aryl methyl sites for hydroxylation is 1. The highest BCUT2D eigenvalue weighted by Crippen LogP contribution is 2.32. The van der Waals surface area contributed by atoms with E-state index in [-0.39, 0.29) is 28.1 Å². The van der Waals surface area contributed by atoms with Crippen LogP contribution in [0.3, 0.4) is 0 Å². The topological polar surface area (TPSA) is 86.6 Å². The molecule has 1 aromatic heterocycles. The van der Waals surface area contributed by atoms with Crippen LogP contribution in [0.15, 0.2) is 24.4 Å². The lowest BCUT2D eigenvalue weighted by Crippen LogP contribution is -2.31. The lowest BCUT2D eigenvalue weighted by Gasteiger charge is -2.18. The predicted octanol–water partition coefficient (Wildman–Crippen LogP) is 4.16. The molecule has 0 atom stereocenters. The molecule has 2 aromatic rings. The molecule has 0 saturated carbocycles. The first-order valence-corrected chi connectivity index (χ1v) is 8.75. The average molecular weight is 399 g/mol. The van der Waals surface area contributed by atoms with Crippen LogP contribution in [-0.2, 0) is 7.05 Å². The van der Waals surface area contributed by atoms with E-state index in [4.69, 9.17) is 23.2 Å². The minimum absolute atomic E-state index is 0.102. The van der Waals surface area contributed by atoms with Crippen molar-refractivity contribution in [3.05, 3.63) is 40.1 Å². The van der Waals surface area contributed by atoms with Crippen molar-refractivity contribution in [1.82, 2.24) is 9.47 Å². The summed E-state index contributed by atoms with van der Waals surface area (Å²) < 4.78 is 1.47. The molecule has 3 amide bonds. The van der Waals surface area contributed by atoms with Crippen LogP contribution in [0.2, 0.25) is 10.0 Å². The molecule has 7 nitrogen and oxygen atoms in total. The molecular weight excluding hydrogens is 379 g/mol. The van der Waals surface area contributed by atoms with Gasteiger partial charge in [-0.25, -0.2) is 4.79 Å². The van der Waals surface area contributed by atoms with Gasteiger partial charge in [0.15, 0.2) is 11.4 Å². The molecule has 0 bridgehead atoms. The van der Waals surface area contributed by atoms with Gasteiger partial charge in [0, 0.05) is 26.3 Å². The van der Waals surface area contributed by atoms with Crippen molar-refractivity contribution in [1.29, 1.82) is 0 Å². The SMILES string of the molecule is CCN(CC)C(=O)c1c(O)c(NC(=O)Nc2cccc(Cl)c2Cl)cn1C. The molecule has 1 heterocycles. The van der Waals surface area contributed by atoms with Crippen molar-refractivity contribution in [3.63, 3.8) is 0 Å². The van der Waals surface area contributed by atoms with Crippen LogP contribution < -0.4 is 10.6 Å². The molecule has 1 aromatic carbocycles. The third-order valence-corrected chi connectivity index (χ3v) is 4.68. The molecule has 0 radical (unpaired) electrons. The molecule has 3 N–H and O–H groups in total. The number of carbonyl (C=O) groups excluding carboxylic acids is 2. The Morgan fingerprint density at radius 2 is 1.77 bits per heavy atom. The van der Waals surface area contributed by atoms with Gasteiger partial charge in [-0.2, -0.15) is 0 Å². The number of aromatic nitrogens is 1. The summed E-state index contributed by atoms with van der Waals surface area (Å²) >= 11 is 11.9. The lowest BCUT2D eigenvalue weighted by atomic mass is 10.3. The van der Waals surface area contributed by atoms with Crippen molar-refractivity contribution in [2.24, 2.45) is 7.05 Å². The third-order valence-electron chi connectivity index (χ3n) is 3.86. The Morgan fingerprint density at radius 3 is 2.38 bits per heavy atom. The minimum Gasteiger partial charge on any atom is -0.504 e. The zero-order valence-electron chi connectivity index (χ0n) is 14.6. The molecule has 0 aliphatic carbocycles. The van der Waals surface area contributed by atoms with Gasteiger partial charge in [0.1, 0.15) is 5.69 Å². The third kappa shape index (κ3) is 4.05. The summed E-state index contributed by atoms with van der Waals surface area (Å²) in [6.45, 7) is 4.72. The van der Waals surface area contributed by atoms with Crippen molar-refractivity contribution < 1.29 is 14.7 Å². The predicted molar refractivity (Wildman–Crippen MR) is 103 cm³/mol. The van der Waals surface area contributed by atoms with E-state index in [1.807, 2.05) is 13.8 Å². The number of nitrogens with zero attached hydrogens (tertiary/aromatic N) is 2. The van der Waals surface area contributed by atoms with Crippen LogP contribution >= 0.6 is 23.2 Å². The maximum atomic E-state index is 12.5. The van der Waals surface area contributed by atoms with E-state index in [1.54, 1.807) is 30.1 Å². The van der Waals surface area contributed by atoms with E-state index in [2.05, 4.69) is 10.6 Å². The van der Waals surface area contributed by atoms with E-state index in [0.29, 0.717) is 23.8 Å². The fraction of sp³-hybridized carbons (Fsp3) is 0.294. The number of amides is 3. The summed E-state index contributed by atoms with van der Waals surface area (Å²) in [5.74, 6) is -0.613. The van der Waals surface area contributed by atoms with Gasteiger partial charge in [-0.1, -0.05) is 29.3 Å². The first-order valence-electron chi connectivity index (χ1n) is 7.99. The number of rotatable bonds is 5. The first kappa shape index (κ1) is 19.9. The van der Waals surface area contributed by atoms with Gasteiger partial charge in [-0.05, 0) is 26.0 Å². The monoisotopic (exact) mass is 398 g/mol. The molecule has 2 rings (SSSR count). The summed E-state index contributed by atoms with van der Waals surface area (Å²) in [6.07, 6.45) is 1.46. The van der Waals surface area contributed by atoms with Gasteiger partial charge in [-0.3, -0.25) is 4.79 Å². The summed E-state index contributed by atoms with van der Waals surface area (Å²) in [7, 11) is 1.62. The molecule has 0 fully saturated rings. The van der Waals surface area contributed by atoms with E-state index in [9.17, 15) is 14.7 Å². The first-order chi connectivity index (χ1) is 12.3. The highest BCUT2D eigenvalue weighted by molar-refractivity contribution is 6.44. The molecule has 0 saturated heterocycles. The maximum Gasteiger partial charge on any atom is 0.323 e. The zero-order valence-corrected chi connectivity index (χ0v) is 16.1. The Balaban J connectivity index is 2.20. The molecule has 9 heteroatoms. The Labute approximate surface area is 161 Å². The summed E-state index contributed by atoms with van der Waals surface area (Å²) in [5.41, 5.74) is 0.537. The molecule has 26 heavy (non-hydrogen) atoms. The van der Waals surface area contributed by atoms with Crippen LogP contribution in [0.5, 0.6) is 5.75 Å². The van der Waals surface area contributed by atoms with Crippen LogP contribution in [-0.4, -0.2) is 39.6 Å². The molecular formula is C17H20Cl2N4O3. The Morgan fingerprint density at radius 1 is 1.15 bits per heavy atom. The van der Waals surface area contributed by atoms with E-state index in [1.165, 1.54) is 10.8 Å². The van der Waals surface area contributed by atoms with Crippen molar-refractivity contribution >= 4 is 46.5 Å².